The number of pyridine rings is 2. The molecule has 0 spiro atoms. The van der Waals surface area contributed by atoms with Gasteiger partial charge in [-0.2, -0.15) is 10.2 Å². The Morgan fingerprint density at radius 3 is 1.12 bits per heavy atom. The number of aryl methyl sites for hydroxylation is 2. The summed E-state index contributed by atoms with van der Waals surface area (Å²) in [6, 6.07) is 25.9. The molecule has 6 saturated heterocycles. The predicted octanol–water partition coefficient (Wildman–Crippen LogP) is 11.8. The molecule has 18 rings (SSSR count). The van der Waals surface area contributed by atoms with Crippen molar-refractivity contribution in [2.75, 3.05) is 119 Å². The van der Waals surface area contributed by atoms with Crippen LogP contribution in [0.15, 0.2) is 119 Å². The summed E-state index contributed by atoms with van der Waals surface area (Å²) in [5.41, 5.74) is 3.96. The predicted molar refractivity (Wildman–Crippen MR) is 498 cm³/mol. The van der Waals surface area contributed by atoms with Gasteiger partial charge in [-0.05, 0) is 268 Å². The summed E-state index contributed by atoms with van der Waals surface area (Å²) in [6.07, 6.45) is 18.1. The highest BCUT2D eigenvalue weighted by Gasteiger charge is 2.41. The van der Waals surface area contributed by atoms with E-state index in [4.69, 9.17) is 29.1 Å². The molecule has 8 aromatic rings. The van der Waals surface area contributed by atoms with Gasteiger partial charge in [0.2, 0.25) is 11.8 Å². The van der Waals surface area contributed by atoms with Crippen LogP contribution in [-0.4, -0.2) is 259 Å². The van der Waals surface area contributed by atoms with Crippen molar-refractivity contribution in [3.63, 3.8) is 0 Å². The molecule has 10 aliphatic heterocycles. The van der Waals surface area contributed by atoms with Crippen LogP contribution in [0.1, 0.15) is 190 Å². The zero-order valence-corrected chi connectivity index (χ0v) is 78.3. The average molecular weight is 1780 g/mol. The normalized spacial score (nSPS) is 23.2. The molecule has 14 bridgehead atoms. The van der Waals surface area contributed by atoms with E-state index in [1.807, 2.05) is 175 Å². The number of benzene rings is 4. The molecule has 30 heteroatoms. The third-order valence-electron chi connectivity index (χ3n) is 28.8. The first-order valence-electron chi connectivity index (χ1n) is 47.2. The van der Waals surface area contributed by atoms with Crippen molar-refractivity contribution >= 4 is 91.4 Å². The van der Waals surface area contributed by atoms with Crippen molar-refractivity contribution < 1.29 is 57.3 Å². The Labute approximate surface area is 762 Å². The van der Waals surface area contributed by atoms with Crippen LogP contribution in [0.25, 0.3) is 43.6 Å². The largest absolute Gasteiger partial charge is 0.443 e. The number of nitrogens with one attached hydrogen (secondary N) is 2. The number of fused-ring (bicyclic) bond motifs is 33. The average Bonchev–Trinajstić information content (AvgIpc) is 0.997. The summed E-state index contributed by atoms with van der Waals surface area (Å²) >= 11 is 0. The molecular weight excluding hydrogens is 1650 g/mol. The minimum atomic E-state index is -0.904. The molecule has 10 aliphatic rings. The number of urea groups is 2. The van der Waals surface area contributed by atoms with Crippen LogP contribution in [0.5, 0.6) is 0 Å². The zero-order valence-electron chi connectivity index (χ0n) is 78.3. The second-order valence-corrected chi connectivity index (χ2v) is 40.4. The zero-order chi connectivity index (χ0) is 92.1. The van der Waals surface area contributed by atoms with E-state index in [-0.39, 0.29) is 92.1 Å². The van der Waals surface area contributed by atoms with E-state index in [2.05, 4.69) is 44.3 Å². The van der Waals surface area contributed by atoms with E-state index < -0.39 is 45.7 Å². The number of esters is 4. The second kappa shape index (κ2) is 40.1. The molecule has 130 heavy (non-hydrogen) atoms. The lowest BCUT2D eigenvalue weighted by Gasteiger charge is -2.43. The Morgan fingerprint density at radius 2 is 0.746 bits per heavy atom. The maximum Gasteiger partial charge on any atom is 0.318 e. The summed E-state index contributed by atoms with van der Waals surface area (Å²) in [7, 11) is 4.33. The van der Waals surface area contributed by atoms with Crippen molar-refractivity contribution in [2.45, 2.75) is 235 Å². The molecule has 14 heterocycles. The number of para-hydroxylation sites is 2. The molecule has 4 aromatic carbocycles. The van der Waals surface area contributed by atoms with E-state index >= 15 is 0 Å². The van der Waals surface area contributed by atoms with Gasteiger partial charge in [-0.1, -0.05) is 73.5 Å². The molecule has 6 amide bonds. The number of piperidine rings is 4. The van der Waals surface area contributed by atoms with Crippen molar-refractivity contribution in [3.05, 3.63) is 164 Å². The van der Waals surface area contributed by atoms with Gasteiger partial charge in [-0.15, -0.1) is 0 Å². The van der Waals surface area contributed by atoms with Gasteiger partial charge in [-0.25, -0.2) is 19.0 Å². The fourth-order valence-electron chi connectivity index (χ4n) is 20.2. The van der Waals surface area contributed by atoms with Crippen molar-refractivity contribution in [1.29, 1.82) is 0 Å². The fraction of sp³-hybridized carbons (Fsp3) is 0.580. The van der Waals surface area contributed by atoms with E-state index in [1.165, 1.54) is 4.57 Å². The molecule has 0 aliphatic carbocycles. The quantitative estimate of drug-likeness (QED) is 0.0939. The highest BCUT2D eigenvalue weighted by Crippen LogP contribution is 2.36. The van der Waals surface area contributed by atoms with Gasteiger partial charge in [-0.3, -0.25) is 57.3 Å². The minimum Gasteiger partial charge on any atom is -0.443 e. The van der Waals surface area contributed by atoms with Gasteiger partial charge in [0.15, 0.2) is 26.9 Å². The Hall–Kier alpha value is -10.8. The summed E-state index contributed by atoms with van der Waals surface area (Å²) < 4.78 is 29.7. The molecule has 4 aromatic heterocycles. The number of allylic oxidation sites excluding steroid dienone is 2. The van der Waals surface area contributed by atoms with Gasteiger partial charge in [0, 0.05) is 138 Å². The number of hydrogen-bond acceptors (Lipinski definition) is 20. The third-order valence-corrected chi connectivity index (χ3v) is 28.8. The number of nitrogens with zero attached hydrogens (tertiary/aromatic N) is 14. The van der Waals surface area contributed by atoms with Crippen LogP contribution in [-0.2, 0) is 87.5 Å². The van der Waals surface area contributed by atoms with Crippen LogP contribution in [0, 0.1) is 35.5 Å². The maximum atomic E-state index is 14.6. The molecule has 2 atom stereocenters. The molecule has 0 radical (unpaired) electrons. The lowest BCUT2D eigenvalue weighted by atomic mass is 9.83. The van der Waals surface area contributed by atoms with E-state index in [0.29, 0.717) is 157 Å². The first-order valence-corrected chi connectivity index (χ1v) is 47.2. The summed E-state index contributed by atoms with van der Waals surface area (Å²) in [4.78, 5) is 157. The van der Waals surface area contributed by atoms with Crippen molar-refractivity contribution in [2.24, 2.45) is 21.7 Å². The second-order valence-electron chi connectivity index (χ2n) is 40.4. The first-order chi connectivity index (χ1) is 62.1. The Balaban J connectivity index is 0.000000199. The van der Waals surface area contributed by atoms with Gasteiger partial charge in [0.1, 0.15) is 12.1 Å². The van der Waals surface area contributed by atoms with E-state index in [0.717, 1.165) is 133 Å². The topological polar surface area (TPSA) is 303 Å². The molecule has 0 saturated carbocycles. The summed E-state index contributed by atoms with van der Waals surface area (Å²) in [5, 5.41) is 19.2. The van der Waals surface area contributed by atoms with Crippen LogP contribution in [0.4, 0.5) is 9.59 Å². The summed E-state index contributed by atoms with van der Waals surface area (Å²) in [6.45, 7) is 29.6. The number of piperazine rings is 2. The number of hydrogen-bond donors (Lipinski definition) is 2. The number of carbonyl (C=O) groups excluding carboxylic acids is 8. The van der Waals surface area contributed by atoms with Crippen molar-refractivity contribution in [3.8, 4) is 0 Å². The number of likely N-dealkylation sites (tertiary alicyclic amines) is 2. The smallest absolute Gasteiger partial charge is 0.318 e. The van der Waals surface area contributed by atoms with E-state index in [9.17, 15) is 47.9 Å². The highest BCUT2D eigenvalue weighted by atomic mass is 16.6. The van der Waals surface area contributed by atoms with Crippen LogP contribution in [0.2, 0.25) is 0 Å². The lowest BCUT2D eigenvalue weighted by Crippen LogP contribution is -2.59. The number of amides is 6. The SMILES string of the molecule is Cc1cc2cc3cn(nc13)COC(=O)C(C)(C)C/C=C\CC(C)(C)C(=O)OCn1c(=O)c(cc3ccccc31)C1CCN(CC1)C(=O)N[C@@H](C(=O)N1CCN(C3CCN(C)CC3)CC1)C2.Cc1cc2cc3cn(nc13)COC(=O)C(C)(C)CCCCC(C)(C)C(=O)OCn1c(=O)c(cc3ccccc31)C1CCN(CC1)C(=O)N[C@@H](C(=O)N1CCN(C3CCN(C)CC3)CC1)C2. The molecule has 698 valence electrons. The first kappa shape index (κ1) is 93.8. The maximum absolute atomic E-state index is 14.6. The van der Waals surface area contributed by atoms with Gasteiger partial charge >= 0.3 is 35.9 Å². The Morgan fingerprint density at radius 1 is 0.400 bits per heavy atom. The van der Waals surface area contributed by atoms with Crippen LogP contribution < -0.4 is 21.8 Å². The molecule has 2 N–H and O–H groups in total. The highest BCUT2D eigenvalue weighted by molar-refractivity contribution is 5.91. The van der Waals surface area contributed by atoms with Gasteiger partial charge in [0.25, 0.3) is 11.1 Å². The van der Waals surface area contributed by atoms with Crippen LogP contribution >= 0.6 is 0 Å². The lowest BCUT2D eigenvalue weighted by molar-refractivity contribution is -0.160. The van der Waals surface area contributed by atoms with Gasteiger partial charge < -0.3 is 59.0 Å². The number of carbonyl (C=O) groups is 8. The van der Waals surface area contributed by atoms with Crippen LogP contribution in [0.3, 0.4) is 0 Å². The number of rotatable bonds is 4. The monoisotopic (exact) mass is 1780 g/mol. The van der Waals surface area contributed by atoms with Crippen molar-refractivity contribution in [1.82, 2.24) is 78.5 Å². The standard InChI is InChI=1S/C50H68N8O7.C50H66N8O7/c2*1-34-27-35-28-38-31-57(52-43(34)38)32-64-46(61)49(2,3)17-9-10-18-50(4,5)47(62)65-33-58-42-12-8-7-11-37(42)30-40(44(58)59)36-13-21-56(22-14-36)48(63)51-41(29-35)45(60)55-25-23-54(24-26-55)39-15-19-53(6)20-16-39/h7-8,11-12,27-28,30-31,36,39,41H,9-10,13-26,29,32-33H2,1-6H3,(H,51,63);7-12,27-28,30-31,36,39,41H,13-26,29,32-33H2,1-6H3,(H,51,63)/b;10-9-/t2*41-/m11/s1. The molecule has 0 unspecified atom stereocenters. The Bertz CT molecular complexity index is 5640. The molecular formula is C100H134N16O14. The third kappa shape index (κ3) is 21.8. The van der Waals surface area contributed by atoms with Gasteiger partial charge in [0.05, 0.1) is 43.7 Å². The fourth-order valence-corrected chi connectivity index (χ4v) is 20.2. The molecule has 6 fully saturated rings. The van der Waals surface area contributed by atoms with E-state index in [1.54, 1.807) is 37.6 Å². The molecule has 30 nitrogen and oxygen atoms in total. The summed E-state index contributed by atoms with van der Waals surface area (Å²) in [5.74, 6) is -2.01. The number of ether oxygens (including phenoxy) is 4. The Kier molecular flexibility index (Phi) is 28.9. The minimum absolute atomic E-state index is 0.0523. The number of aromatic nitrogens is 6.